The van der Waals surface area contributed by atoms with E-state index in [-0.39, 0.29) is 19.8 Å². The zero-order valence-corrected chi connectivity index (χ0v) is 7.57. The van der Waals surface area contributed by atoms with Crippen molar-refractivity contribution in [1.29, 1.82) is 0 Å². The highest BCUT2D eigenvalue weighted by atomic mass is 35.5. The molecule has 0 atom stereocenters. The Hall–Kier alpha value is 0.460. The predicted molar refractivity (Wildman–Crippen MR) is 43.7 cm³/mol. The maximum Gasteiger partial charge on any atom is 0.217 e. The lowest BCUT2D eigenvalue weighted by molar-refractivity contribution is 0.0221. The Morgan fingerprint density at radius 1 is 1.27 bits per heavy atom. The van der Waals surface area contributed by atoms with Gasteiger partial charge in [0.25, 0.3) is 0 Å². The number of hydrogen-bond acceptors (Lipinski definition) is 3. The van der Waals surface area contributed by atoms with Gasteiger partial charge in [-0.3, -0.25) is 0 Å². The first-order valence-corrected chi connectivity index (χ1v) is 3.87. The third-order valence-electron chi connectivity index (χ3n) is 0.777. The van der Waals surface area contributed by atoms with Crippen molar-refractivity contribution >= 4 is 23.2 Å². The molecule has 1 N–H and O–H groups in total. The summed E-state index contributed by atoms with van der Waals surface area (Å²) in [7, 11) is 0. The molecule has 0 aromatic rings. The average molecular weight is 202 g/mol. The molecule has 5 heteroatoms. The Kier molecular flexibility index (Phi) is 6.28. The Morgan fingerprint density at radius 2 is 1.91 bits per heavy atom. The van der Waals surface area contributed by atoms with Crippen LogP contribution in [0, 0.1) is 6.92 Å². The first kappa shape index (κ1) is 11.5. The largest absolute Gasteiger partial charge is 0.394 e. The summed E-state index contributed by atoms with van der Waals surface area (Å²) >= 11 is 10.7. The molecule has 0 aliphatic heterocycles. The minimum absolute atomic E-state index is 0.00271. The Balaban J connectivity index is 3.02. The van der Waals surface area contributed by atoms with Gasteiger partial charge in [-0.15, -0.1) is 0 Å². The smallest absolute Gasteiger partial charge is 0.217 e. The van der Waals surface area contributed by atoms with Crippen LogP contribution < -0.4 is 0 Å². The van der Waals surface area contributed by atoms with E-state index in [9.17, 15) is 0 Å². The number of hydrogen-bond donors (Lipinski definition) is 1. The molecule has 0 aliphatic carbocycles. The van der Waals surface area contributed by atoms with Gasteiger partial charge in [-0.1, -0.05) is 23.2 Å². The van der Waals surface area contributed by atoms with Crippen LogP contribution in [0.5, 0.6) is 0 Å². The van der Waals surface area contributed by atoms with Crippen molar-refractivity contribution in [2.45, 2.75) is 4.52 Å². The fourth-order valence-corrected chi connectivity index (χ4v) is 0.571. The van der Waals surface area contributed by atoms with Crippen LogP contribution in [0.25, 0.3) is 0 Å². The third-order valence-corrected chi connectivity index (χ3v) is 0.995. The molecule has 0 rings (SSSR count). The fourth-order valence-electron chi connectivity index (χ4n) is 0.417. The van der Waals surface area contributed by atoms with E-state index >= 15 is 0 Å². The highest BCUT2D eigenvalue weighted by molar-refractivity contribution is 6.47. The molecule has 0 spiro atoms. The summed E-state index contributed by atoms with van der Waals surface area (Å²) in [4.78, 5) is 0. The molecular formula is C6H11Cl2O3. The standard InChI is InChI=1S/C6H11Cl2O3/c1-6(7,8)11-5-4-10-3-2-9/h9H,1-5H2. The minimum Gasteiger partial charge on any atom is -0.394 e. The van der Waals surface area contributed by atoms with E-state index in [0.29, 0.717) is 6.61 Å². The van der Waals surface area contributed by atoms with Crippen molar-refractivity contribution in [2.75, 3.05) is 26.4 Å². The van der Waals surface area contributed by atoms with Gasteiger partial charge in [0.2, 0.25) is 4.52 Å². The molecule has 67 valence electrons. The quantitative estimate of drug-likeness (QED) is 0.515. The number of aliphatic hydroxyl groups is 1. The van der Waals surface area contributed by atoms with Gasteiger partial charge in [0.1, 0.15) is 0 Å². The SMILES string of the molecule is [CH2]C(Cl)(Cl)OCCOCCO. The molecule has 1 radical (unpaired) electrons. The van der Waals surface area contributed by atoms with Crippen LogP contribution in [0.4, 0.5) is 0 Å². The van der Waals surface area contributed by atoms with Crippen molar-refractivity contribution in [3.8, 4) is 0 Å². The maximum absolute atomic E-state index is 8.30. The maximum atomic E-state index is 8.30. The summed E-state index contributed by atoms with van der Waals surface area (Å²) in [5.74, 6) is 0. The van der Waals surface area contributed by atoms with Crippen LogP contribution in [0.2, 0.25) is 0 Å². The van der Waals surface area contributed by atoms with Gasteiger partial charge in [0, 0.05) is 6.92 Å². The molecular weight excluding hydrogens is 191 g/mol. The van der Waals surface area contributed by atoms with Crippen LogP contribution in [0.1, 0.15) is 0 Å². The number of halogens is 2. The van der Waals surface area contributed by atoms with Crippen molar-refractivity contribution in [3.05, 3.63) is 6.92 Å². The first-order valence-electron chi connectivity index (χ1n) is 3.12. The normalized spacial score (nSPS) is 12.0. The van der Waals surface area contributed by atoms with Gasteiger partial charge in [-0.2, -0.15) is 0 Å². The first-order chi connectivity index (χ1) is 5.06. The summed E-state index contributed by atoms with van der Waals surface area (Å²) in [5, 5.41) is 8.30. The molecule has 0 bridgehead atoms. The van der Waals surface area contributed by atoms with E-state index in [0.717, 1.165) is 0 Å². The fraction of sp³-hybridized carbons (Fsp3) is 0.833. The minimum atomic E-state index is -1.40. The van der Waals surface area contributed by atoms with E-state index in [2.05, 4.69) is 6.92 Å². The molecule has 0 heterocycles. The number of rotatable bonds is 6. The second-order valence-electron chi connectivity index (χ2n) is 1.82. The summed E-state index contributed by atoms with van der Waals surface area (Å²) in [6.45, 7) is 4.18. The van der Waals surface area contributed by atoms with E-state index in [4.69, 9.17) is 37.8 Å². The van der Waals surface area contributed by atoms with Gasteiger partial charge < -0.3 is 14.6 Å². The molecule has 3 nitrogen and oxygen atoms in total. The monoisotopic (exact) mass is 201 g/mol. The van der Waals surface area contributed by atoms with Crippen LogP contribution in [0.3, 0.4) is 0 Å². The lowest BCUT2D eigenvalue weighted by Crippen LogP contribution is -2.17. The Labute approximate surface area is 76.2 Å². The van der Waals surface area contributed by atoms with Gasteiger partial charge in [-0.05, 0) is 0 Å². The average Bonchev–Trinajstić information content (AvgIpc) is 1.85. The molecule has 0 saturated carbocycles. The van der Waals surface area contributed by atoms with Crippen molar-refractivity contribution in [2.24, 2.45) is 0 Å². The topological polar surface area (TPSA) is 38.7 Å². The lowest BCUT2D eigenvalue weighted by atomic mass is 10.7. The molecule has 0 fully saturated rings. The molecule has 11 heavy (non-hydrogen) atoms. The van der Waals surface area contributed by atoms with Gasteiger partial charge in [0.15, 0.2) is 0 Å². The highest BCUT2D eigenvalue weighted by Crippen LogP contribution is 2.19. The van der Waals surface area contributed by atoms with Crippen molar-refractivity contribution in [1.82, 2.24) is 0 Å². The van der Waals surface area contributed by atoms with Gasteiger partial charge >= 0.3 is 0 Å². The van der Waals surface area contributed by atoms with Crippen LogP contribution in [-0.2, 0) is 9.47 Å². The zero-order valence-electron chi connectivity index (χ0n) is 6.06. The van der Waals surface area contributed by atoms with Crippen LogP contribution >= 0.6 is 23.2 Å². The summed E-state index contributed by atoms with van der Waals surface area (Å²) in [5.41, 5.74) is 0. The lowest BCUT2D eigenvalue weighted by Gasteiger charge is -2.13. The second-order valence-corrected chi connectivity index (χ2v) is 3.24. The van der Waals surface area contributed by atoms with E-state index in [1.54, 1.807) is 0 Å². The molecule has 0 unspecified atom stereocenters. The Morgan fingerprint density at radius 3 is 2.36 bits per heavy atom. The van der Waals surface area contributed by atoms with Gasteiger partial charge in [0.05, 0.1) is 26.4 Å². The molecule has 0 saturated heterocycles. The summed E-state index contributed by atoms with van der Waals surface area (Å²) in [6.07, 6.45) is 0. The molecule has 0 aliphatic rings. The summed E-state index contributed by atoms with van der Waals surface area (Å²) < 4.78 is 8.25. The summed E-state index contributed by atoms with van der Waals surface area (Å²) in [6, 6.07) is 0. The zero-order chi connectivity index (χ0) is 8.74. The van der Waals surface area contributed by atoms with Crippen molar-refractivity contribution < 1.29 is 14.6 Å². The van der Waals surface area contributed by atoms with E-state index in [1.807, 2.05) is 0 Å². The molecule has 0 amide bonds. The van der Waals surface area contributed by atoms with Gasteiger partial charge in [-0.25, -0.2) is 0 Å². The van der Waals surface area contributed by atoms with Crippen LogP contribution in [-0.4, -0.2) is 36.1 Å². The molecule has 0 aromatic carbocycles. The number of ether oxygens (including phenoxy) is 2. The van der Waals surface area contributed by atoms with E-state index in [1.165, 1.54) is 0 Å². The van der Waals surface area contributed by atoms with Crippen molar-refractivity contribution in [3.63, 3.8) is 0 Å². The highest BCUT2D eigenvalue weighted by Gasteiger charge is 2.15. The Bertz CT molecular complexity index is 92.3. The number of alkyl halides is 2. The van der Waals surface area contributed by atoms with E-state index < -0.39 is 4.52 Å². The molecule has 0 aromatic heterocycles. The predicted octanol–water partition coefficient (Wildman–Crippen LogP) is 0.977. The van der Waals surface area contributed by atoms with Crippen LogP contribution in [0.15, 0.2) is 0 Å². The second kappa shape index (κ2) is 6.03. The third kappa shape index (κ3) is 10.5. The number of aliphatic hydroxyl groups excluding tert-OH is 1.